The summed E-state index contributed by atoms with van der Waals surface area (Å²) in [7, 11) is 0. The van der Waals surface area contributed by atoms with Gasteiger partial charge >= 0.3 is 0 Å². The van der Waals surface area contributed by atoms with Crippen LogP contribution in [-0.4, -0.2) is 24.4 Å². The first-order chi connectivity index (χ1) is 13.4. The number of fused-ring (bicyclic) bond motifs is 1. The highest BCUT2D eigenvalue weighted by atomic mass is 19.1. The standard InChI is InChI=1S/C22H26FN3O2/c1-13(2)20(26-21(27)15-6-4-14(3)5-7-15)22(28)25-18-9-8-16-12-24-11-10-17(16)19(18)23/h4-9,13,20,24H,10-12H2,1-3H3,(H,25,28)(H,26,27). The Hall–Kier alpha value is -2.73. The molecule has 1 aliphatic rings. The number of anilines is 1. The van der Waals surface area contributed by atoms with Crippen LogP contribution in [-0.2, 0) is 17.8 Å². The molecule has 5 nitrogen and oxygen atoms in total. The lowest BCUT2D eigenvalue weighted by molar-refractivity contribution is -0.118. The van der Waals surface area contributed by atoms with Crippen molar-refractivity contribution in [2.24, 2.45) is 5.92 Å². The molecule has 0 saturated heterocycles. The third kappa shape index (κ3) is 4.39. The van der Waals surface area contributed by atoms with Crippen LogP contribution in [0.25, 0.3) is 0 Å². The molecule has 3 N–H and O–H groups in total. The topological polar surface area (TPSA) is 70.2 Å². The van der Waals surface area contributed by atoms with Gasteiger partial charge in [-0.2, -0.15) is 0 Å². The van der Waals surface area contributed by atoms with E-state index in [9.17, 15) is 14.0 Å². The second kappa shape index (κ2) is 8.52. The zero-order valence-electron chi connectivity index (χ0n) is 16.4. The van der Waals surface area contributed by atoms with Gasteiger partial charge < -0.3 is 16.0 Å². The van der Waals surface area contributed by atoms with E-state index in [4.69, 9.17) is 0 Å². The highest BCUT2D eigenvalue weighted by molar-refractivity contribution is 6.01. The van der Waals surface area contributed by atoms with Gasteiger partial charge in [-0.15, -0.1) is 0 Å². The summed E-state index contributed by atoms with van der Waals surface area (Å²) in [5, 5.41) is 8.63. The molecule has 6 heteroatoms. The molecule has 1 aliphatic heterocycles. The van der Waals surface area contributed by atoms with Gasteiger partial charge in [-0.1, -0.05) is 37.6 Å². The molecule has 0 saturated carbocycles. The number of rotatable bonds is 5. The molecule has 0 aliphatic carbocycles. The van der Waals surface area contributed by atoms with Gasteiger partial charge in [0.05, 0.1) is 5.69 Å². The summed E-state index contributed by atoms with van der Waals surface area (Å²) < 4.78 is 14.8. The lowest BCUT2D eigenvalue weighted by Gasteiger charge is -2.23. The van der Waals surface area contributed by atoms with Gasteiger partial charge in [0.15, 0.2) is 0 Å². The predicted octanol–water partition coefficient (Wildman–Crippen LogP) is 3.17. The van der Waals surface area contributed by atoms with Gasteiger partial charge in [0.25, 0.3) is 5.91 Å². The largest absolute Gasteiger partial charge is 0.340 e. The zero-order chi connectivity index (χ0) is 20.3. The maximum absolute atomic E-state index is 14.8. The zero-order valence-corrected chi connectivity index (χ0v) is 16.4. The molecule has 0 spiro atoms. The molecule has 1 heterocycles. The van der Waals surface area contributed by atoms with Crippen LogP contribution in [0, 0.1) is 18.7 Å². The minimum atomic E-state index is -0.772. The number of halogens is 1. The number of carbonyl (C=O) groups is 2. The first-order valence-corrected chi connectivity index (χ1v) is 9.56. The number of nitrogens with one attached hydrogen (secondary N) is 3. The minimum absolute atomic E-state index is 0.153. The molecule has 0 radical (unpaired) electrons. The van der Waals surface area contributed by atoms with Crippen LogP contribution in [0.4, 0.5) is 10.1 Å². The van der Waals surface area contributed by atoms with E-state index in [0.29, 0.717) is 30.6 Å². The minimum Gasteiger partial charge on any atom is -0.340 e. The van der Waals surface area contributed by atoms with Gasteiger partial charge in [0, 0.05) is 12.1 Å². The monoisotopic (exact) mass is 383 g/mol. The first-order valence-electron chi connectivity index (χ1n) is 9.56. The highest BCUT2D eigenvalue weighted by Gasteiger charge is 2.26. The number of carbonyl (C=O) groups excluding carboxylic acids is 2. The van der Waals surface area contributed by atoms with Crippen molar-refractivity contribution >= 4 is 17.5 Å². The van der Waals surface area contributed by atoms with E-state index < -0.39 is 11.9 Å². The van der Waals surface area contributed by atoms with E-state index in [1.807, 2.05) is 39.0 Å². The van der Waals surface area contributed by atoms with Crippen LogP contribution in [0.3, 0.4) is 0 Å². The first kappa shape index (κ1) is 20.0. The summed E-state index contributed by atoms with van der Waals surface area (Å²) in [4.78, 5) is 25.3. The molecule has 148 valence electrons. The molecular formula is C22H26FN3O2. The van der Waals surface area contributed by atoms with E-state index >= 15 is 0 Å². The van der Waals surface area contributed by atoms with E-state index in [2.05, 4.69) is 16.0 Å². The molecule has 2 aromatic carbocycles. The van der Waals surface area contributed by atoms with E-state index in [0.717, 1.165) is 11.1 Å². The normalized spacial score (nSPS) is 14.3. The summed E-state index contributed by atoms with van der Waals surface area (Å²) in [5.41, 5.74) is 3.24. The molecule has 28 heavy (non-hydrogen) atoms. The number of hydrogen-bond donors (Lipinski definition) is 3. The Kier molecular flexibility index (Phi) is 6.09. The van der Waals surface area contributed by atoms with Gasteiger partial charge in [0.1, 0.15) is 11.9 Å². The maximum atomic E-state index is 14.8. The summed E-state index contributed by atoms with van der Waals surface area (Å²) in [6.45, 7) is 6.96. The average molecular weight is 383 g/mol. The van der Waals surface area contributed by atoms with Crippen LogP contribution >= 0.6 is 0 Å². The number of hydrogen-bond acceptors (Lipinski definition) is 3. The molecule has 0 aromatic heterocycles. The second-order valence-corrected chi connectivity index (χ2v) is 7.54. The summed E-state index contributed by atoms with van der Waals surface area (Å²) in [6.07, 6.45) is 0.586. The molecule has 1 atom stereocenters. The smallest absolute Gasteiger partial charge is 0.251 e. The van der Waals surface area contributed by atoms with Crippen molar-refractivity contribution in [1.82, 2.24) is 10.6 Å². The quantitative estimate of drug-likeness (QED) is 0.743. The molecule has 0 fully saturated rings. The maximum Gasteiger partial charge on any atom is 0.251 e. The van der Waals surface area contributed by atoms with Crippen LogP contribution in [0.5, 0.6) is 0 Å². The lowest BCUT2D eigenvalue weighted by atomic mass is 9.98. The van der Waals surface area contributed by atoms with Crippen molar-refractivity contribution in [3.05, 3.63) is 64.5 Å². The SMILES string of the molecule is Cc1ccc(C(=O)NC(C(=O)Nc2ccc3c(c2F)CCNC3)C(C)C)cc1. The van der Waals surface area contributed by atoms with Gasteiger partial charge in [-0.25, -0.2) is 4.39 Å². The Bertz CT molecular complexity index is 878. The van der Waals surface area contributed by atoms with Crippen molar-refractivity contribution in [2.75, 3.05) is 11.9 Å². The van der Waals surface area contributed by atoms with Crippen molar-refractivity contribution in [3.63, 3.8) is 0 Å². The van der Waals surface area contributed by atoms with Gasteiger partial charge in [0.2, 0.25) is 5.91 Å². The fraction of sp³-hybridized carbons (Fsp3) is 0.364. The summed E-state index contributed by atoms with van der Waals surface area (Å²) in [5.74, 6) is -1.30. The molecule has 0 bridgehead atoms. The van der Waals surface area contributed by atoms with Crippen LogP contribution < -0.4 is 16.0 Å². The number of benzene rings is 2. The van der Waals surface area contributed by atoms with Crippen molar-refractivity contribution in [3.8, 4) is 0 Å². The molecule has 2 aromatic rings. The average Bonchev–Trinajstić information content (AvgIpc) is 2.68. The second-order valence-electron chi connectivity index (χ2n) is 7.54. The number of aryl methyl sites for hydroxylation is 1. The highest BCUT2D eigenvalue weighted by Crippen LogP contribution is 2.25. The fourth-order valence-electron chi connectivity index (χ4n) is 3.31. The van der Waals surface area contributed by atoms with E-state index in [1.54, 1.807) is 18.2 Å². The molecule has 1 unspecified atom stereocenters. The molecule has 2 amide bonds. The third-order valence-corrected chi connectivity index (χ3v) is 5.01. The van der Waals surface area contributed by atoms with Crippen molar-refractivity contribution < 1.29 is 14.0 Å². The van der Waals surface area contributed by atoms with Crippen LogP contribution in [0.2, 0.25) is 0 Å². The van der Waals surface area contributed by atoms with E-state index in [1.165, 1.54) is 0 Å². The Morgan fingerprint density at radius 2 is 1.82 bits per heavy atom. The Balaban J connectivity index is 1.75. The van der Waals surface area contributed by atoms with Gasteiger partial charge in [-0.05, 0) is 55.1 Å². The van der Waals surface area contributed by atoms with Crippen LogP contribution in [0.15, 0.2) is 36.4 Å². The summed E-state index contributed by atoms with van der Waals surface area (Å²) >= 11 is 0. The predicted molar refractivity (Wildman–Crippen MR) is 108 cm³/mol. The number of amides is 2. The van der Waals surface area contributed by atoms with Crippen molar-refractivity contribution in [2.45, 2.75) is 39.8 Å². The molecule has 3 rings (SSSR count). The third-order valence-electron chi connectivity index (χ3n) is 5.01. The Morgan fingerprint density at radius 1 is 1.11 bits per heavy atom. The molecular weight excluding hydrogens is 357 g/mol. The Labute approximate surface area is 164 Å². The summed E-state index contributed by atoms with van der Waals surface area (Å²) in [6, 6.07) is 9.76. The van der Waals surface area contributed by atoms with Crippen LogP contribution in [0.1, 0.15) is 40.9 Å². The van der Waals surface area contributed by atoms with Crippen molar-refractivity contribution in [1.29, 1.82) is 0 Å². The van der Waals surface area contributed by atoms with Gasteiger partial charge in [-0.3, -0.25) is 9.59 Å². The van der Waals surface area contributed by atoms with E-state index in [-0.39, 0.29) is 23.3 Å². The Morgan fingerprint density at radius 3 is 2.50 bits per heavy atom. The lowest BCUT2D eigenvalue weighted by Crippen LogP contribution is -2.47. The fourth-order valence-corrected chi connectivity index (χ4v) is 3.31.